The summed E-state index contributed by atoms with van der Waals surface area (Å²) in [6.07, 6.45) is 2.66. The summed E-state index contributed by atoms with van der Waals surface area (Å²) in [4.78, 5) is 11.0. The van der Waals surface area contributed by atoms with Crippen LogP contribution in [0.3, 0.4) is 0 Å². The van der Waals surface area contributed by atoms with Crippen molar-refractivity contribution in [1.29, 1.82) is 0 Å². The van der Waals surface area contributed by atoms with Crippen LogP contribution in [0.2, 0.25) is 0 Å². The average molecular weight is 279 g/mol. The lowest BCUT2D eigenvalue weighted by Gasteiger charge is -2.38. The van der Waals surface area contributed by atoms with E-state index in [9.17, 15) is 18.0 Å². The molecule has 8 heteroatoms. The van der Waals surface area contributed by atoms with Gasteiger partial charge in [-0.05, 0) is 31.0 Å². The summed E-state index contributed by atoms with van der Waals surface area (Å²) in [6.45, 7) is 0.268. The number of hydrogen-bond acceptors (Lipinski definition) is 3. The van der Waals surface area contributed by atoms with Gasteiger partial charge in [0.15, 0.2) is 0 Å². The van der Waals surface area contributed by atoms with Crippen molar-refractivity contribution in [2.45, 2.75) is 30.3 Å². The molecule has 96 valence electrons. The van der Waals surface area contributed by atoms with Gasteiger partial charge in [-0.3, -0.25) is 4.79 Å². The minimum Gasteiger partial charge on any atom is -0.354 e. The standard InChI is InChI=1S/C8H13F3N2OS.ClH/c9-8(10,11)15-4-6(14)13-5-7(12)2-1-3-7;/h1-5,12H2,(H,13,14);1H. The van der Waals surface area contributed by atoms with Crippen LogP contribution < -0.4 is 11.1 Å². The van der Waals surface area contributed by atoms with Gasteiger partial charge < -0.3 is 11.1 Å². The molecule has 0 aliphatic heterocycles. The van der Waals surface area contributed by atoms with Gasteiger partial charge in [-0.2, -0.15) is 13.2 Å². The van der Waals surface area contributed by atoms with E-state index in [2.05, 4.69) is 5.32 Å². The van der Waals surface area contributed by atoms with E-state index in [1.165, 1.54) is 0 Å². The number of hydrogen-bond donors (Lipinski definition) is 2. The van der Waals surface area contributed by atoms with Crippen molar-refractivity contribution in [2.75, 3.05) is 12.3 Å². The lowest BCUT2D eigenvalue weighted by molar-refractivity contribution is -0.119. The smallest absolute Gasteiger partial charge is 0.354 e. The minimum absolute atomic E-state index is 0. The molecule has 0 radical (unpaired) electrons. The third-order valence-electron chi connectivity index (χ3n) is 2.35. The molecule has 1 rings (SSSR count). The zero-order chi connectivity index (χ0) is 11.5. The van der Waals surface area contributed by atoms with Crippen LogP contribution >= 0.6 is 24.2 Å². The van der Waals surface area contributed by atoms with E-state index in [1.54, 1.807) is 0 Å². The predicted molar refractivity (Wildman–Crippen MR) is 59.5 cm³/mol. The molecule has 1 amide bonds. The van der Waals surface area contributed by atoms with Gasteiger partial charge in [0, 0.05) is 12.1 Å². The second-order valence-electron chi connectivity index (χ2n) is 3.73. The first-order valence-electron chi connectivity index (χ1n) is 4.57. The molecular weight excluding hydrogens is 265 g/mol. The molecule has 16 heavy (non-hydrogen) atoms. The molecule has 1 aliphatic rings. The van der Waals surface area contributed by atoms with E-state index in [-0.39, 0.29) is 30.7 Å². The van der Waals surface area contributed by atoms with Gasteiger partial charge in [0.05, 0.1) is 5.75 Å². The molecule has 0 unspecified atom stereocenters. The van der Waals surface area contributed by atoms with E-state index >= 15 is 0 Å². The van der Waals surface area contributed by atoms with Gasteiger partial charge in [0.1, 0.15) is 0 Å². The molecule has 3 N–H and O–H groups in total. The highest BCUT2D eigenvalue weighted by Crippen LogP contribution is 2.30. The van der Waals surface area contributed by atoms with Crippen molar-refractivity contribution in [1.82, 2.24) is 5.32 Å². The fourth-order valence-electron chi connectivity index (χ4n) is 1.28. The summed E-state index contributed by atoms with van der Waals surface area (Å²) in [7, 11) is 0. The van der Waals surface area contributed by atoms with E-state index in [1.807, 2.05) is 0 Å². The van der Waals surface area contributed by atoms with Gasteiger partial charge in [0.2, 0.25) is 5.91 Å². The van der Waals surface area contributed by atoms with Crippen molar-refractivity contribution in [3.8, 4) is 0 Å². The Morgan fingerprint density at radius 2 is 2.00 bits per heavy atom. The second-order valence-corrected chi connectivity index (χ2v) is 4.77. The number of alkyl halides is 3. The molecule has 0 bridgehead atoms. The molecule has 0 aromatic carbocycles. The molecular formula is C8H14ClF3N2OS. The predicted octanol–water partition coefficient (Wildman–Crippen LogP) is 1.66. The first kappa shape index (κ1) is 15.9. The lowest BCUT2D eigenvalue weighted by atomic mass is 9.78. The molecule has 0 aromatic heterocycles. The maximum atomic E-state index is 11.7. The van der Waals surface area contributed by atoms with Crippen molar-refractivity contribution < 1.29 is 18.0 Å². The highest BCUT2D eigenvalue weighted by Gasteiger charge is 2.33. The Labute approximate surface area is 102 Å². The Balaban J connectivity index is 0.00000225. The monoisotopic (exact) mass is 278 g/mol. The van der Waals surface area contributed by atoms with Crippen LogP contribution in [0.25, 0.3) is 0 Å². The fourth-order valence-corrected chi connectivity index (χ4v) is 1.68. The van der Waals surface area contributed by atoms with Crippen molar-refractivity contribution >= 4 is 30.1 Å². The fraction of sp³-hybridized carbons (Fsp3) is 0.875. The van der Waals surface area contributed by atoms with Gasteiger partial charge in [-0.1, -0.05) is 0 Å². The number of carbonyl (C=O) groups excluding carboxylic acids is 1. The highest BCUT2D eigenvalue weighted by atomic mass is 35.5. The number of nitrogens with one attached hydrogen (secondary N) is 1. The van der Waals surface area contributed by atoms with Crippen molar-refractivity contribution in [2.24, 2.45) is 5.73 Å². The third-order valence-corrected chi connectivity index (χ3v) is 3.09. The molecule has 3 nitrogen and oxygen atoms in total. The van der Waals surface area contributed by atoms with Gasteiger partial charge in [-0.25, -0.2) is 0 Å². The summed E-state index contributed by atoms with van der Waals surface area (Å²) in [5.41, 5.74) is 1.05. The van der Waals surface area contributed by atoms with E-state index in [4.69, 9.17) is 5.73 Å². The van der Waals surface area contributed by atoms with E-state index < -0.39 is 22.7 Å². The molecule has 0 heterocycles. The summed E-state index contributed by atoms with van der Waals surface area (Å²) in [6, 6.07) is 0. The quantitative estimate of drug-likeness (QED) is 0.822. The normalized spacial score (nSPS) is 18.2. The van der Waals surface area contributed by atoms with Crippen LogP contribution in [-0.4, -0.2) is 29.3 Å². The molecule has 0 atom stereocenters. The summed E-state index contributed by atoms with van der Waals surface area (Å²) < 4.78 is 35.2. The highest BCUT2D eigenvalue weighted by molar-refractivity contribution is 8.00. The average Bonchev–Trinajstić information content (AvgIpc) is 2.07. The maximum absolute atomic E-state index is 11.7. The van der Waals surface area contributed by atoms with Gasteiger partial charge >= 0.3 is 5.51 Å². The van der Waals surface area contributed by atoms with Crippen LogP contribution in [-0.2, 0) is 4.79 Å². The Bertz CT molecular complexity index is 246. The molecule has 1 aliphatic carbocycles. The molecule has 1 fully saturated rings. The van der Waals surface area contributed by atoms with Crippen molar-refractivity contribution in [3.63, 3.8) is 0 Å². The SMILES string of the molecule is Cl.NC1(CNC(=O)CSC(F)(F)F)CCC1. The number of nitrogens with two attached hydrogens (primary N) is 1. The number of halogens is 4. The molecule has 0 saturated heterocycles. The second kappa shape index (κ2) is 5.97. The number of carbonyl (C=O) groups is 1. The Morgan fingerprint density at radius 3 is 2.38 bits per heavy atom. The van der Waals surface area contributed by atoms with Crippen LogP contribution in [0.1, 0.15) is 19.3 Å². The zero-order valence-corrected chi connectivity index (χ0v) is 10.1. The van der Waals surface area contributed by atoms with Crippen LogP contribution in [0.15, 0.2) is 0 Å². The molecule has 1 saturated carbocycles. The third kappa shape index (κ3) is 5.81. The lowest BCUT2D eigenvalue weighted by Crippen LogP contribution is -2.55. The topological polar surface area (TPSA) is 55.1 Å². The largest absolute Gasteiger partial charge is 0.442 e. The van der Waals surface area contributed by atoms with Crippen LogP contribution in [0, 0.1) is 0 Å². The van der Waals surface area contributed by atoms with Gasteiger partial charge in [-0.15, -0.1) is 12.4 Å². The first-order valence-corrected chi connectivity index (χ1v) is 5.56. The van der Waals surface area contributed by atoms with E-state index in [0.29, 0.717) is 0 Å². The summed E-state index contributed by atoms with van der Waals surface area (Å²) in [5.74, 6) is -1.21. The Hall–Kier alpha value is -0.140. The van der Waals surface area contributed by atoms with E-state index in [0.717, 1.165) is 19.3 Å². The van der Waals surface area contributed by atoms with Crippen LogP contribution in [0.4, 0.5) is 13.2 Å². The zero-order valence-electron chi connectivity index (χ0n) is 8.47. The summed E-state index contributed by atoms with van der Waals surface area (Å²) in [5, 5.41) is 2.41. The van der Waals surface area contributed by atoms with Gasteiger partial charge in [0.25, 0.3) is 0 Å². The number of thioether (sulfide) groups is 1. The first-order chi connectivity index (χ1) is 6.81. The number of amides is 1. The Kier molecular flexibility index (Phi) is 5.92. The number of rotatable bonds is 4. The summed E-state index contributed by atoms with van der Waals surface area (Å²) >= 11 is -0.335. The van der Waals surface area contributed by atoms with Crippen LogP contribution in [0.5, 0.6) is 0 Å². The molecule has 0 aromatic rings. The maximum Gasteiger partial charge on any atom is 0.442 e. The minimum atomic E-state index is -4.35. The van der Waals surface area contributed by atoms with Crippen molar-refractivity contribution in [3.05, 3.63) is 0 Å². The Morgan fingerprint density at radius 1 is 1.44 bits per heavy atom. The molecule has 0 spiro atoms.